The topological polar surface area (TPSA) is 34.1 Å². The summed E-state index contributed by atoms with van der Waals surface area (Å²) in [6.07, 6.45) is 4.24. The molecule has 0 amide bonds. The van der Waals surface area contributed by atoms with E-state index >= 15 is 0 Å². The van der Waals surface area contributed by atoms with Crippen molar-refractivity contribution in [2.45, 2.75) is 26.2 Å². The van der Waals surface area contributed by atoms with E-state index in [2.05, 4.69) is 6.58 Å². The van der Waals surface area contributed by atoms with E-state index in [4.69, 9.17) is 0 Å². The van der Waals surface area contributed by atoms with E-state index in [9.17, 15) is 9.59 Å². The van der Waals surface area contributed by atoms with Crippen LogP contribution in [0, 0.1) is 17.3 Å². The molecule has 2 aliphatic carbocycles. The lowest BCUT2D eigenvalue weighted by Crippen LogP contribution is -2.25. The molecule has 2 fully saturated rings. The minimum atomic E-state index is -0.534. The van der Waals surface area contributed by atoms with E-state index in [0.29, 0.717) is 5.92 Å². The Morgan fingerprint density at radius 3 is 2.92 bits per heavy atom. The lowest BCUT2D eigenvalue weighted by atomic mass is 9.91. The Hall–Kier alpha value is -0.920. The zero-order valence-electron chi connectivity index (χ0n) is 7.88. The Morgan fingerprint density at radius 2 is 2.46 bits per heavy atom. The molecule has 2 heteroatoms. The van der Waals surface area contributed by atoms with Crippen LogP contribution >= 0.6 is 0 Å². The largest absolute Gasteiger partial charge is 0.299 e. The first-order chi connectivity index (χ1) is 6.13. The van der Waals surface area contributed by atoms with E-state index in [1.165, 1.54) is 0 Å². The molecule has 0 bridgehead atoms. The summed E-state index contributed by atoms with van der Waals surface area (Å²) < 4.78 is 0. The second-order valence-corrected chi connectivity index (χ2v) is 4.25. The van der Waals surface area contributed by atoms with E-state index in [1.54, 1.807) is 13.0 Å². The zero-order valence-corrected chi connectivity index (χ0v) is 7.88. The quantitative estimate of drug-likeness (QED) is 0.487. The maximum atomic E-state index is 11.8. The molecule has 0 radical (unpaired) electrons. The number of carbonyl (C=O) groups is 2. The van der Waals surface area contributed by atoms with E-state index in [0.717, 1.165) is 19.3 Å². The highest BCUT2D eigenvalue weighted by atomic mass is 16.2. The van der Waals surface area contributed by atoms with Crippen LogP contribution in [0.3, 0.4) is 0 Å². The molecule has 2 rings (SSSR count). The number of Topliss-reactive ketones (excluding diaryl/α,β-unsaturated/α-hetero) is 2. The molecular weight excluding hydrogens is 164 g/mol. The number of fused-ring (bicyclic) bond motifs is 1. The second kappa shape index (κ2) is 2.53. The molecule has 2 aliphatic rings. The van der Waals surface area contributed by atoms with Crippen LogP contribution < -0.4 is 0 Å². The van der Waals surface area contributed by atoms with Crippen molar-refractivity contribution in [3.05, 3.63) is 12.7 Å². The molecule has 2 nitrogen and oxygen atoms in total. The summed E-state index contributed by atoms with van der Waals surface area (Å²) in [6.45, 7) is 5.18. The number of hydrogen-bond donors (Lipinski definition) is 0. The fourth-order valence-corrected chi connectivity index (χ4v) is 2.74. The minimum Gasteiger partial charge on any atom is -0.299 e. The monoisotopic (exact) mass is 178 g/mol. The van der Waals surface area contributed by atoms with Gasteiger partial charge in [-0.05, 0) is 32.1 Å². The normalized spacial score (nSPS) is 41.5. The van der Waals surface area contributed by atoms with Gasteiger partial charge in [-0.2, -0.15) is 0 Å². The Bertz CT molecular complexity index is 292. The van der Waals surface area contributed by atoms with E-state index in [1.807, 2.05) is 0 Å². The van der Waals surface area contributed by atoms with Gasteiger partial charge in [0.25, 0.3) is 0 Å². The average Bonchev–Trinajstić information content (AvgIpc) is 2.72. The molecule has 0 saturated heterocycles. The van der Waals surface area contributed by atoms with Crippen molar-refractivity contribution in [2.75, 3.05) is 0 Å². The smallest absolute Gasteiger partial charge is 0.150 e. The summed E-state index contributed by atoms with van der Waals surface area (Å²) in [5.74, 6) is 0.710. The van der Waals surface area contributed by atoms with Crippen molar-refractivity contribution in [2.24, 2.45) is 17.3 Å². The van der Waals surface area contributed by atoms with Gasteiger partial charge < -0.3 is 0 Å². The molecule has 0 aromatic rings. The molecule has 0 N–H and O–H groups in total. The maximum Gasteiger partial charge on any atom is 0.150 e. The van der Waals surface area contributed by atoms with Crippen LogP contribution in [0.1, 0.15) is 26.2 Å². The van der Waals surface area contributed by atoms with Crippen LogP contribution in [0.2, 0.25) is 0 Å². The van der Waals surface area contributed by atoms with Gasteiger partial charge in [0, 0.05) is 5.92 Å². The van der Waals surface area contributed by atoms with Crippen molar-refractivity contribution in [3.8, 4) is 0 Å². The SMILES string of the molecule is C=CCC1C[C@H]2C[C@@]2(C(C)=O)C1=O. The summed E-state index contributed by atoms with van der Waals surface area (Å²) in [5, 5.41) is 0. The number of allylic oxidation sites excluding steroid dienone is 1. The highest BCUT2D eigenvalue weighted by molar-refractivity contribution is 6.12. The van der Waals surface area contributed by atoms with Crippen molar-refractivity contribution in [1.82, 2.24) is 0 Å². The Balaban J connectivity index is 2.18. The standard InChI is InChI=1S/C11H14O2/c1-3-4-8-5-9-6-11(9,7(2)12)10(8)13/h3,8-9H,1,4-6H2,2H3/t8?,9-,11-/m0/s1. The fourth-order valence-electron chi connectivity index (χ4n) is 2.74. The van der Waals surface area contributed by atoms with Gasteiger partial charge >= 0.3 is 0 Å². The van der Waals surface area contributed by atoms with Crippen molar-refractivity contribution in [3.63, 3.8) is 0 Å². The van der Waals surface area contributed by atoms with Crippen molar-refractivity contribution in [1.29, 1.82) is 0 Å². The van der Waals surface area contributed by atoms with Crippen LogP contribution in [0.5, 0.6) is 0 Å². The molecule has 0 aliphatic heterocycles. The third kappa shape index (κ3) is 0.946. The highest BCUT2D eigenvalue weighted by Gasteiger charge is 2.68. The minimum absolute atomic E-state index is 0.0778. The molecule has 2 saturated carbocycles. The Kier molecular flexibility index (Phi) is 1.69. The maximum absolute atomic E-state index is 11.8. The van der Waals surface area contributed by atoms with Gasteiger partial charge in [-0.25, -0.2) is 0 Å². The number of carbonyl (C=O) groups excluding carboxylic acids is 2. The molecule has 0 heterocycles. The molecular formula is C11H14O2. The Morgan fingerprint density at radius 1 is 1.77 bits per heavy atom. The van der Waals surface area contributed by atoms with Gasteiger partial charge in [-0.3, -0.25) is 9.59 Å². The van der Waals surface area contributed by atoms with Crippen LogP contribution in [0.4, 0.5) is 0 Å². The molecule has 3 atom stereocenters. The predicted octanol–water partition coefficient (Wildman–Crippen LogP) is 1.75. The second-order valence-electron chi connectivity index (χ2n) is 4.25. The summed E-state index contributed by atoms with van der Waals surface area (Å²) in [4.78, 5) is 23.2. The van der Waals surface area contributed by atoms with Gasteiger partial charge in [0.15, 0.2) is 0 Å². The Labute approximate surface area is 78.0 Å². The molecule has 70 valence electrons. The van der Waals surface area contributed by atoms with Crippen LogP contribution in [0.25, 0.3) is 0 Å². The molecule has 0 aromatic carbocycles. The lowest BCUT2D eigenvalue weighted by molar-refractivity contribution is -0.134. The number of hydrogen-bond acceptors (Lipinski definition) is 2. The average molecular weight is 178 g/mol. The predicted molar refractivity (Wildman–Crippen MR) is 49.1 cm³/mol. The summed E-state index contributed by atoms with van der Waals surface area (Å²) in [6, 6.07) is 0. The van der Waals surface area contributed by atoms with Crippen molar-refractivity contribution < 1.29 is 9.59 Å². The third-order valence-corrected chi connectivity index (χ3v) is 3.56. The molecule has 13 heavy (non-hydrogen) atoms. The van der Waals surface area contributed by atoms with Gasteiger partial charge in [-0.15, -0.1) is 6.58 Å². The first-order valence-corrected chi connectivity index (χ1v) is 4.79. The molecule has 0 aromatic heterocycles. The highest BCUT2D eigenvalue weighted by Crippen LogP contribution is 2.64. The zero-order chi connectivity index (χ0) is 9.64. The van der Waals surface area contributed by atoms with Crippen LogP contribution in [-0.2, 0) is 9.59 Å². The number of ketones is 2. The summed E-state index contributed by atoms with van der Waals surface area (Å²) in [7, 11) is 0. The van der Waals surface area contributed by atoms with Gasteiger partial charge in [0.05, 0.1) is 5.41 Å². The van der Waals surface area contributed by atoms with Crippen LogP contribution in [0.15, 0.2) is 12.7 Å². The first kappa shape index (κ1) is 8.67. The van der Waals surface area contributed by atoms with Crippen LogP contribution in [-0.4, -0.2) is 11.6 Å². The molecule has 0 spiro atoms. The van der Waals surface area contributed by atoms with E-state index < -0.39 is 5.41 Å². The van der Waals surface area contributed by atoms with Gasteiger partial charge in [0.1, 0.15) is 11.6 Å². The van der Waals surface area contributed by atoms with Gasteiger partial charge in [0.2, 0.25) is 0 Å². The summed E-state index contributed by atoms with van der Waals surface area (Å²) in [5.41, 5.74) is -0.534. The molecule has 1 unspecified atom stereocenters. The number of rotatable bonds is 3. The van der Waals surface area contributed by atoms with Crippen molar-refractivity contribution >= 4 is 11.6 Å². The summed E-state index contributed by atoms with van der Waals surface area (Å²) >= 11 is 0. The first-order valence-electron chi connectivity index (χ1n) is 4.79. The van der Waals surface area contributed by atoms with E-state index in [-0.39, 0.29) is 17.5 Å². The van der Waals surface area contributed by atoms with Gasteiger partial charge in [-0.1, -0.05) is 6.08 Å². The fraction of sp³-hybridized carbons (Fsp3) is 0.636. The lowest BCUT2D eigenvalue weighted by Gasteiger charge is -2.10. The third-order valence-electron chi connectivity index (χ3n) is 3.56.